The lowest BCUT2D eigenvalue weighted by molar-refractivity contribution is -0.137. The van der Waals surface area contributed by atoms with E-state index in [9.17, 15) is 9.59 Å². The second-order valence-electron chi connectivity index (χ2n) is 5.46. The van der Waals surface area contributed by atoms with Gasteiger partial charge in [0.1, 0.15) is 5.76 Å². The second-order valence-corrected chi connectivity index (χ2v) is 5.86. The first-order valence-corrected chi connectivity index (χ1v) is 8.30. The van der Waals surface area contributed by atoms with Crippen molar-refractivity contribution in [3.8, 4) is 11.3 Å². The van der Waals surface area contributed by atoms with Gasteiger partial charge in [0.25, 0.3) is 5.91 Å². The molecule has 0 saturated heterocycles. The molecule has 2 rings (SSSR count). The van der Waals surface area contributed by atoms with Crippen LogP contribution in [0, 0.1) is 0 Å². The fraction of sp³-hybridized carbons (Fsp3) is 0.333. The number of halogens is 1. The summed E-state index contributed by atoms with van der Waals surface area (Å²) in [5.74, 6) is -0.232. The Morgan fingerprint density at radius 2 is 1.79 bits per heavy atom. The van der Waals surface area contributed by atoms with Gasteiger partial charge in [-0.2, -0.15) is 0 Å². The lowest BCUT2D eigenvalue weighted by Gasteiger charge is -2.03. The Morgan fingerprint density at radius 1 is 1.04 bits per heavy atom. The van der Waals surface area contributed by atoms with Crippen LogP contribution in [0.2, 0.25) is 5.02 Å². The molecule has 0 saturated carbocycles. The van der Waals surface area contributed by atoms with Crippen molar-refractivity contribution in [2.75, 3.05) is 6.54 Å². The highest BCUT2D eigenvalue weighted by molar-refractivity contribution is 6.33. The van der Waals surface area contributed by atoms with Crippen molar-refractivity contribution in [1.82, 2.24) is 5.32 Å². The zero-order valence-electron chi connectivity index (χ0n) is 13.3. The number of carboxylic acids is 1. The predicted molar refractivity (Wildman–Crippen MR) is 92.2 cm³/mol. The summed E-state index contributed by atoms with van der Waals surface area (Å²) >= 11 is 6.11. The molecule has 0 bridgehead atoms. The number of aliphatic carboxylic acids is 1. The highest BCUT2D eigenvalue weighted by Crippen LogP contribution is 2.28. The molecule has 128 valence electrons. The van der Waals surface area contributed by atoms with Gasteiger partial charge in [0.2, 0.25) is 0 Å². The lowest BCUT2D eigenvalue weighted by Crippen LogP contribution is -2.23. The highest BCUT2D eigenvalue weighted by atomic mass is 35.5. The summed E-state index contributed by atoms with van der Waals surface area (Å²) in [6, 6.07) is 10.6. The molecule has 1 amide bonds. The van der Waals surface area contributed by atoms with Crippen molar-refractivity contribution < 1.29 is 19.1 Å². The van der Waals surface area contributed by atoms with Crippen molar-refractivity contribution in [3.05, 3.63) is 47.2 Å². The Labute approximate surface area is 145 Å². The van der Waals surface area contributed by atoms with Crippen LogP contribution >= 0.6 is 11.6 Å². The molecule has 0 atom stereocenters. The molecule has 1 aromatic heterocycles. The molecule has 2 N–H and O–H groups in total. The van der Waals surface area contributed by atoms with Crippen LogP contribution in [0.4, 0.5) is 0 Å². The fourth-order valence-corrected chi connectivity index (χ4v) is 2.54. The van der Waals surface area contributed by atoms with E-state index >= 15 is 0 Å². The van der Waals surface area contributed by atoms with Gasteiger partial charge in [-0.15, -0.1) is 0 Å². The topological polar surface area (TPSA) is 79.5 Å². The summed E-state index contributed by atoms with van der Waals surface area (Å²) in [6.07, 6.45) is 3.41. The predicted octanol–water partition coefficient (Wildman–Crippen LogP) is 4.36. The summed E-state index contributed by atoms with van der Waals surface area (Å²) in [7, 11) is 0. The molecule has 2 aromatic rings. The van der Waals surface area contributed by atoms with Crippen LogP contribution in [0.3, 0.4) is 0 Å². The normalized spacial score (nSPS) is 10.5. The minimum atomic E-state index is -0.768. The zero-order chi connectivity index (χ0) is 17.4. The summed E-state index contributed by atoms with van der Waals surface area (Å²) in [5, 5.41) is 11.9. The number of hydrogen-bond acceptors (Lipinski definition) is 3. The number of amides is 1. The molecule has 0 radical (unpaired) electrons. The van der Waals surface area contributed by atoms with Crippen molar-refractivity contribution in [2.45, 2.75) is 32.1 Å². The standard InChI is InChI=1S/C18H20ClNO4/c19-14-8-5-4-7-13(14)15-10-11-16(24-15)18(23)20-12-6-2-1-3-9-17(21)22/h4-5,7-8,10-11H,1-3,6,9,12H2,(H,20,23)(H,21,22). The van der Waals surface area contributed by atoms with Gasteiger partial charge in [-0.25, -0.2) is 0 Å². The van der Waals surface area contributed by atoms with Crippen LogP contribution in [0.15, 0.2) is 40.8 Å². The number of carboxylic acid groups (broad SMARTS) is 1. The maximum Gasteiger partial charge on any atom is 0.303 e. The third-order valence-corrected chi connectivity index (χ3v) is 3.90. The number of nitrogens with one attached hydrogen (secondary N) is 1. The third-order valence-electron chi connectivity index (χ3n) is 3.57. The molecule has 0 fully saturated rings. The van der Waals surface area contributed by atoms with E-state index in [1.807, 2.05) is 18.2 Å². The van der Waals surface area contributed by atoms with Crippen molar-refractivity contribution in [2.24, 2.45) is 0 Å². The number of unbranched alkanes of at least 4 members (excludes halogenated alkanes) is 3. The van der Waals surface area contributed by atoms with E-state index in [0.29, 0.717) is 23.7 Å². The van der Waals surface area contributed by atoms with Gasteiger partial charge in [-0.05, 0) is 37.1 Å². The molecule has 1 heterocycles. The molecule has 5 nitrogen and oxygen atoms in total. The van der Waals surface area contributed by atoms with Crippen LogP contribution in [0.1, 0.15) is 42.7 Å². The largest absolute Gasteiger partial charge is 0.481 e. The Morgan fingerprint density at radius 3 is 2.54 bits per heavy atom. The van der Waals surface area contributed by atoms with Gasteiger partial charge in [0, 0.05) is 18.5 Å². The van der Waals surface area contributed by atoms with Gasteiger partial charge < -0.3 is 14.8 Å². The van der Waals surface area contributed by atoms with Gasteiger partial charge in [-0.3, -0.25) is 9.59 Å². The summed E-state index contributed by atoms with van der Waals surface area (Å²) in [4.78, 5) is 22.4. The average molecular weight is 350 g/mol. The molecule has 0 aliphatic rings. The number of benzene rings is 1. The highest BCUT2D eigenvalue weighted by Gasteiger charge is 2.13. The number of carbonyl (C=O) groups excluding carboxylic acids is 1. The Balaban J connectivity index is 1.76. The molecule has 24 heavy (non-hydrogen) atoms. The summed E-state index contributed by atoms with van der Waals surface area (Å²) < 4.78 is 5.57. The summed E-state index contributed by atoms with van der Waals surface area (Å²) in [6.45, 7) is 0.536. The number of carbonyl (C=O) groups is 2. The average Bonchev–Trinajstić information content (AvgIpc) is 3.03. The van der Waals surface area contributed by atoms with Crippen molar-refractivity contribution >= 4 is 23.5 Å². The first kappa shape index (κ1) is 18.1. The Kier molecular flexibility index (Phi) is 6.88. The van der Waals surface area contributed by atoms with E-state index in [-0.39, 0.29) is 18.1 Å². The maximum absolute atomic E-state index is 12.0. The fourth-order valence-electron chi connectivity index (χ4n) is 2.31. The smallest absolute Gasteiger partial charge is 0.303 e. The van der Waals surface area contributed by atoms with Gasteiger partial charge in [0.15, 0.2) is 5.76 Å². The van der Waals surface area contributed by atoms with Crippen LogP contribution < -0.4 is 5.32 Å². The minimum absolute atomic E-state index is 0.198. The summed E-state index contributed by atoms with van der Waals surface area (Å²) in [5.41, 5.74) is 0.747. The van der Waals surface area contributed by atoms with Crippen molar-refractivity contribution in [3.63, 3.8) is 0 Å². The zero-order valence-corrected chi connectivity index (χ0v) is 14.0. The lowest BCUT2D eigenvalue weighted by atomic mass is 10.1. The number of furan rings is 1. The van der Waals surface area contributed by atoms with E-state index in [1.54, 1.807) is 18.2 Å². The number of rotatable bonds is 9. The second kappa shape index (κ2) is 9.13. The van der Waals surface area contributed by atoms with Crippen LogP contribution in [-0.2, 0) is 4.79 Å². The molecule has 0 spiro atoms. The van der Waals surface area contributed by atoms with E-state index in [4.69, 9.17) is 21.1 Å². The van der Waals surface area contributed by atoms with Gasteiger partial charge in [0.05, 0.1) is 5.02 Å². The first-order valence-electron chi connectivity index (χ1n) is 7.92. The Hall–Kier alpha value is -2.27. The quantitative estimate of drug-likeness (QED) is 0.659. The van der Waals surface area contributed by atoms with Gasteiger partial charge in [-0.1, -0.05) is 36.6 Å². The molecule has 0 aliphatic heterocycles. The van der Waals surface area contributed by atoms with Crippen LogP contribution in [0.25, 0.3) is 11.3 Å². The monoisotopic (exact) mass is 349 g/mol. The SMILES string of the molecule is O=C(O)CCCCCCNC(=O)c1ccc(-c2ccccc2Cl)o1. The van der Waals surface area contributed by atoms with E-state index in [0.717, 1.165) is 24.8 Å². The van der Waals surface area contributed by atoms with Crippen molar-refractivity contribution in [1.29, 1.82) is 0 Å². The minimum Gasteiger partial charge on any atom is -0.481 e. The molecule has 1 aromatic carbocycles. The van der Waals surface area contributed by atoms with Gasteiger partial charge >= 0.3 is 5.97 Å². The van der Waals surface area contributed by atoms with Crippen LogP contribution in [-0.4, -0.2) is 23.5 Å². The molecule has 0 unspecified atom stereocenters. The van der Waals surface area contributed by atoms with Crippen LogP contribution in [0.5, 0.6) is 0 Å². The first-order chi connectivity index (χ1) is 11.6. The maximum atomic E-state index is 12.0. The molecular formula is C18H20ClNO4. The Bertz CT molecular complexity index is 696. The van der Waals surface area contributed by atoms with E-state index < -0.39 is 5.97 Å². The van der Waals surface area contributed by atoms with E-state index in [1.165, 1.54) is 0 Å². The third kappa shape index (κ3) is 5.42. The molecule has 6 heteroatoms. The molecule has 0 aliphatic carbocycles. The number of hydrogen-bond donors (Lipinski definition) is 2. The molecular weight excluding hydrogens is 330 g/mol. The van der Waals surface area contributed by atoms with E-state index in [2.05, 4.69) is 5.32 Å².